The quantitative estimate of drug-likeness (QED) is 0.399. The van der Waals surface area contributed by atoms with E-state index in [1.807, 2.05) is 12.1 Å². The number of hydrogen-bond donors (Lipinski definition) is 1. The molecule has 0 aliphatic rings. The van der Waals surface area contributed by atoms with E-state index in [0.717, 1.165) is 17.1 Å². The number of hydrogen-bond acceptors (Lipinski definition) is 5. The molecule has 5 nitrogen and oxygen atoms in total. The highest BCUT2D eigenvalue weighted by molar-refractivity contribution is 7.98. The van der Waals surface area contributed by atoms with Crippen LogP contribution in [0, 0.1) is 0 Å². The second-order valence-corrected chi connectivity index (χ2v) is 7.79. The number of halogens is 2. The van der Waals surface area contributed by atoms with Crippen LogP contribution in [0.1, 0.15) is 11.1 Å². The summed E-state index contributed by atoms with van der Waals surface area (Å²) in [6, 6.07) is 9.02. The van der Waals surface area contributed by atoms with E-state index in [2.05, 4.69) is 5.32 Å². The molecule has 0 heterocycles. The summed E-state index contributed by atoms with van der Waals surface area (Å²) in [5.41, 5.74) is 1.74. The van der Waals surface area contributed by atoms with Crippen molar-refractivity contribution in [2.75, 3.05) is 33.6 Å². The molecule has 2 rings (SSSR count). The van der Waals surface area contributed by atoms with Gasteiger partial charge in [0.15, 0.2) is 11.5 Å². The average Bonchev–Trinajstić information content (AvgIpc) is 2.72. The topological polar surface area (TPSA) is 56.8 Å². The van der Waals surface area contributed by atoms with Crippen LogP contribution in [0.15, 0.2) is 36.4 Å². The molecule has 2 aromatic rings. The van der Waals surface area contributed by atoms with Crippen LogP contribution in [0.2, 0.25) is 10.0 Å². The Hall–Kier alpha value is -2.02. The van der Waals surface area contributed by atoms with Crippen molar-refractivity contribution < 1.29 is 19.0 Å². The molecular weight excluding hydrogens is 433 g/mol. The van der Waals surface area contributed by atoms with Gasteiger partial charge in [-0.25, -0.2) is 0 Å². The maximum absolute atomic E-state index is 12.1. The van der Waals surface area contributed by atoms with Gasteiger partial charge >= 0.3 is 0 Å². The number of amides is 1. The van der Waals surface area contributed by atoms with Crippen LogP contribution in [-0.2, 0) is 10.5 Å². The van der Waals surface area contributed by atoms with Crippen LogP contribution >= 0.6 is 35.0 Å². The lowest BCUT2D eigenvalue weighted by Crippen LogP contribution is -2.23. The number of methoxy groups -OCH3 is 3. The Bertz CT molecular complexity index is 874. The first kappa shape index (κ1) is 23.3. The summed E-state index contributed by atoms with van der Waals surface area (Å²) in [6.45, 7) is 0.544. The third-order valence-corrected chi connectivity index (χ3v) is 5.56. The van der Waals surface area contributed by atoms with Gasteiger partial charge in [0.2, 0.25) is 11.7 Å². The van der Waals surface area contributed by atoms with Crippen molar-refractivity contribution in [3.8, 4) is 17.2 Å². The Morgan fingerprint density at radius 3 is 2.48 bits per heavy atom. The second-order valence-electron chi connectivity index (χ2n) is 5.84. The lowest BCUT2D eigenvalue weighted by Gasteiger charge is -2.13. The fourth-order valence-electron chi connectivity index (χ4n) is 2.55. The Labute approximate surface area is 185 Å². The zero-order valence-electron chi connectivity index (χ0n) is 16.5. The van der Waals surface area contributed by atoms with Gasteiger partial charge in [0.25, 0.3) is 0 Å². The SMILES string of the molecule is COc1ccc(C=CC(=O)NCCSCc2ccc(Cl)cc2Cl)c(OC)c1OC. The predicted octanol–water partition coefficient (Wildman–Crippen LogP) is 5.08. The van der Waals surface area contributed by atoms with Gasteiger partial charge in [-0.15, -0.1) is 0 Å². The van der Waals surface area contributed by atoms with E-state index >= 15 is 0 Å². The monoisotopic (exact) mass is 455 g/mol. The highest BCUT2D eigenvalue weighted by Crippen LogP contribution is 2.40. The lowest BCUT2D eigenvalue weighted by molar-refractivity contribution is -0.116. The molecule has 0 aliphatic heterocycles. The highest BCUT2D eigenvalue weighted by atomic mass is 35.5. The molecule has 0 saturated carbocycles. The molecule has 0 unspecified atom stereocenters. The fourth-order valence-corrected chi connectivity index (χ4v) is 3.96. The Kier molecular flexibility index (Phi) is 9.51. The molecule has 156 valence electrons. The third-order valence-electron chi connectivity index (χ3n) is 3.97. The van der Waals surface area contributed by atoms with Gasteiger partial charge in [-0.3, -0.25) is 4.79 Å². The van der Waals surface area contributed by atoms with Crippen LogP contribution in [0.25, 0.3) is 6.08 Å². The summed E-state index contributed by atoms with van der Waals surface area (Å²) in [7, 11) is 4.63. The minimum Gasteiger partial charge on any atom is -0.493 e. The summed E-state index contributed by atoms with van der Waals surface area (Å²) in [5, 5.41) is 4.13. The van der Waals surface area contributed by atoms with Crippen molar-refractivity contribution >= 4 is 46.9 Å². The molecule has 0 saturated heterocycles. The summed E-state index contributed by atoms with van der Waals surface area (Å²) >= 11 is 13.7. The molecule has 0 spiro atoms. The normalized spacial score (nSPS) is 10.8. The number of thioether (sulfide) groups is 1. The number of benzene rings is 2. The van der Waals surface area contributed by atoms with E-state index in [0.29, 0.717) is 39.4 Å². The van der Waals surface area contributed by atoms with Crippen molar-refractivity contribution in [2.45, 2.75) is 5.75 Å². The molecule has 8 heteroatoms. The van der Waals surface area contributed by atoms with Crippen LogP contribution in [0.4, 0.5) is 0 Å². The van der Waals surface area contributed by atoms with Crippen LogP contribution in [0.3, 0.4) is 0 Å². The number of rotatable bonds is 10. The van der Waals surface area contributed by atoms with E-state index in [9.17, 15) is 4.79 Å². The van der Waals surface area contributed by atoms with E-state index in [-0.39, 0.29) is 5.91 Å². The third kappa shape index (κ3) is 6.77. The van der Waals surface area contributed by atoms with Gasteiger partial charge in [0.1, 0.15) is 0 Å². The molecular formula is C21H23Cl2NO4S. The fraction of sp³-hybridized carbons (Fsp3) is 0.286. The van der Waals surface area contributed by atoms with Gasteiger partial charge in [-0.05, 0) is 35.9 Å². The first-order valence-corrected chi connectivity index (χ1v) is 10.7. The van der Waals surface area contributed by atoms with Gasteiger partial charge in [-0.2, -0.15) is 11.8 Å². The molecule has 2 aromatic carbocycles. The molecule has 0 radical (unpaired) electrons. The van der Waals surface area contributed by atoms with Crippen molar-refractivity contribution in [1.82, 2.24) is 5.32 Å². The number of nitrogens with one attached hydrogen (secondary N) is 1. The predicted molar refractivity (Wildman–Crippen MR) is 121 cm³/mol. The zero-order chi connectivity index (χ0) is 21.2. The van der Waals surface area contributed by atoms with Crippen LogP contribution in [0.5, 0.6) is 17.2 Å². The number of carbonyl (C=O) groups is 1. The van der Waals surface area contributed by atoms with Crippen molar-refractivity contribution in [1.29, 1.82) is 0 Å². The maximum atomic E-state index is 12.1. The molecule has 1 N–H and O–H groups in total. The number of carbonyl (C=O) groups excluding carboxylic acids is 1. The van der Waals surface area contributed by atoms with E-state index in [1.165, 1.54) is 13.2 Å². The first-order chi connectivity index (χ1) is 14.0. The first-order valence-electron chi connectivity index (χ1n) is 8.76. The minimum absolute atomic E-state index is 0.188. The van der Waals surface area contributed by atoms with Gasteiger partial charge in [0, 0.05) is 39.7 Å². The molecule has 0 fully saturated rings. The maximum Gasteiger partial charge on any atom is 0.244 e. The Morgan fingerprint density at radius 1 is 1.07 bits per heavy atom. The van der Waals surface area contributed by atoms with Crippen molar-refractivity contribution in [2.24, 2.45) is 0 Å². The summed E-state index contributed by atoms with van der Waals surface area (Å²) in [6.07, 6.45) is 3.14. The average molecular weight is 456 g/mol. The van der Waals surface area contributed by atoms with Crippen molar-refractivity contribution in [3.63, 3.8) is 0 Å². The van der Waals surface area contributed by atoms with E-state index in [4.69, 9.17) is 37.4 Å². The summed E-state index contributed by atoms with van der Waals surface area (Å²) in [4.78, 5) is 12.1. The largest absolute Gasteiger partial charge is 0.493 e. The Balaban J connectivity index is 1.84. The van der Waals surface area contributed by atoms with E-state index < -0.39 is 0 Å². The second kappa shape index (κ2) is 11.9. The van der Waals surface area contributed by atoms with Gasteiger partial charge < -0.3 is 19.5 Å². The van der Waals surface area contributed by atoms with E-state index in [1.54, 1.807) is 50.3 Å². The molecule has 29 heavy (non-hydrogen) atoms. The minimum atomic E-state index is -0.188. The Morgan fingerprint density at radius 2 is 1.83 bits per heavy atom. The molecule has 0 atom stereocenters. The smallest absolute Gasteiger partial charge is 0.244 e. The molecule has 0 bridgehead atoms. The molecule has 0 aromatic heterocycles. The highest BCUT2D eigenvalue weighted by Gasteiger charge is 2.14. The van der Waals surface area contributed by atoms with Crippen LogP contribution in [-0.4, -0.2) is 39.5 Å². The molecule has 0 aliphatic carbocycles. The summed E-state index contributed by atoms with van der Waals surface area (Å²) in [5.74, 6) is 2.87. The van der Waals surface area contributed by atoms with Crippen LogP contribution < -0.4 is 19.5 Å². The zero-order valence-corrected chi connectivity index (χ0v) is 18.8. The standard InChI is InChI=1S/C21H23Cl2NO4S/c1-26-18-8-5-14(20(27-2)21(18)28-3)6-9-19(25)24-10-11-29-13-15-4-7-16(22)12-17(15)23/h4-9,12H,10-11,13H2,1-3H3,(H,24,25). The molecule has 1 amide bonds. The van der Waals surface area contributed by atoms with Gasteiger partial charge in [-0.1, -0.05) is 29.3 Å². The van der Waals surface area contributed by atoms with Crippen molar-refractivity contribution in [3.05, 3.63) is 57.6 Å². The number of ether oxygens (including phenoxy) is 3. The van der Waals surface area contributed by atoms with Gasteiger partial charge in [0.05, 0.1) is 21.3 Å². The summed E-state index contributed by atoms with van der Waals surface area (Å²) < 4.78 is 16.0. The lowest BCUT2D eigenvalue weighted by atomic mass is 10.1.